The molecule has 6 nitrogen and oxygen atoms in total. The molecular formula is C21H28FN5O. The van der Waals surface area contributed by atoms with Gasteiger partial charge in [0.25, 0.3) is 0 Å². The number of hydrogen-bond acceptors (Lipinski definition) is 5. The molecule has 0 radical (unpaired) electrons. The molecule has 1 aliphatic rings. The molecule has 0 saturated carbocycles. The molecule has 3 rings (SSSR count). The third-order valence-electron chi connectivity index (χ3n) is 5.15. The monoisotopic (exact) mass is 385 g/mol. The lowest BCUT2D eigenvalue weighted by Gasteiger charge is -2.35. The smallest absolute Gasteiger partial charge is 0.224 e. The number of halogens is 1. The van der Waals surface area contributed by atoms with E-state index in [4.69, 9.17) is 0 Å². The molecule has 1 aromatic carbocycles. The molecule has 0 spiro atoms. The maximum absolute atomic E-state index is 13.2. The third kappa shape index (κ3) is 4.58. The van der Waals surface area contributed by atoms with Crippen LogP contribution in [0.5, 0.6) is 0 Å². The summed E-state index contributed by atoms with van der Waals surface area (Å²) < 4.78 is 13.2. The van der Waals surface area contributed by atoms with E-state index in [0.29, 0.717) is 32.0 Å². The standard InChI is InChI=1S/C21H28FN5O/c1-14(2)18-13-26(19-11-15(3)24-21(23-4)25-19)10-9-20(28)27(18)12-16-5-7-17(22)8-6-16/h5-8,11,14,18H,9-10,12-13H2,1-4H3,(H,23,24,25). The molecule has 7 heteroatoms. The number of nitrogens with zero attached hydrogens (tertiary/aromatic N) is 4. The van der Waals surface area contributed by atoms with Gasteiger partial charge in [0.15, 0.2) is 0 Å². The van der Waals surface area contributed by atoms with E-state index >= 15 is 0 Å². The van der Waals surface area contributed by atoms with Gasteiger partial charge in [-0.3, -0.25) is 4.79 Å². The molecule has 2 heterocycles. The second kappa shape index (κ2) is 8.54. The van der Waals surface area contributed by atoms with Crippen molar-refractivity contribution in [3.05, 3.63) is 47.4 Å². The summed E-state index contributed by atoms with van der Waals surface area (Å²) in [4.78, 5) is 26.0. The van der Waals surface area contributed by atoms with Crippen LogP contribution in [-0.2, 0) is 11.3 Å². The van der Waals surface area contributed by atoms with E-state index in [1.165, 1.54) is 12.1 Å². The average molecular weight is 385 g/mol. The van der Waals surface area contributed by atoms with E-state index < -0.39 is 0 Å². The lowest BCUT2D eigenvalue weighted by Crippen LogP contribution is -2.46. The number of anilines is 2. The summed E-state index contributed by atoms with van der Waals surface area (Å²) >= 11 is 0. The Labute approximate surface area is 165 Å². The highest BCUT2D eigenvalue weighted by molar-refractivity contribution is 5.78. The van der Waals surface area contributed by atoms with E-state index in [1.807, 2.05) is 17.9 Å². The summed E-state index contributed by atoms with van der Waals surface area (Å²) in [6.07, 6.45) is 0.419. The van der Waals surface area contributed by atoms with Crippen LogP contribution in [0.4, 0.5) is 16.2 Å². The summed E-state index contributed by atoms with van der Waals surface area (Å²) in [5, 5.41) is 2.99. The molecule has 1 N–H and O–H groups in total. The lowest BCUT2D eigenvalue weighted by molar-refractivity contribution is -0.134. The Morgan fingerprint density at radius 2 is 1.96 bits per heavy atom. The van der Waals surface area contributed by atoms with E-state index in [0.717, 1.165) is 17.1 Å². The zero-order valence-corrected chi connectivity index (χ0v) is 16.9. The summed E-state index contributed by atoms with van der Waals surface area (Å²) in [5.74, 6) is 1.53. The zero-order chi connectivity index (χ0) is 20.3. The van der Waals surface area contributed by atoms with Crippen LogP contribution in [0.15, 0.2) is 30.3 Å². The van der Waals surface area contributed by atoms with Crippen molar-refractivity contribution in [1.29, 1.82) is 0 Å². The van der Waals surface area contributed by atoms with Gasteiger partial charge in [-0.15, -0.1) is 0 Å². The average Bonchev–Trinajstić information content (AvgIpc) is 2.83. The van der Waals surface area contributed by atoms with Crippen LogP contribution >= 0.6 is 0 Å². The maximum Gasteiger partial charge on any atom is 0.224 e. The Bertz CT molecular complexity index is 824. The largest absolute Gasteiger partial charge is 0.357 e. The molecule has 1 atom stereocenters. The highest BCUT2D eigenvalue weighted by atomic mass is 19.1. The van der Waals surface area contributed by atoms with Crippen LogP contribution < -0.4 is 10.2 Å². The molecule has 150 valence electrons. The SMILES string of the molecule is CNc1nc(C)cc(N2CCC(=O)N(Cc3ccc(F)cc3)C(C(C)C)C2)n1. The fourth-order valence-electron chi connectivity index (χ4n) is 3.57. The van der Waals surface area contributed by atoms with Crippen LogP contribution in [-0.4, -0.2) is 47.0 Å². The molecule has 1 saturated heterocycles. The number of aromatic nitrogens is 2. The van der Waals surface area contributed by atoms with Gasteiger partial charge in [0.1, 0.15) is 11.6 Å². The minimum Gasteiger partial charge on any atom is -0.357 e. The maximum atomic E-state index is 13.2. The van der Waals surface area contributed by atoms with Crippen molar-refractivity contribution >= 4 is 17.7 Å². The molecule has 1 amide bonds. The van der Waals surface area contributed by atoms with Crippen LogP contribution in [0, 0.1) is 18.7 Å². The molecule has 1 fully saturated rings. The summed E-state index contributed by atoms with van der Waals surface area (Å²) in [6.45, 7) is 7.99. The van der Waals surface area contributed by atoms with E-state index in [9.17, 15) is 9.18 Å². The van der Waals surface area contributed by atoms with Gasteiger partial charge < -0.3 is 15.1 Å². The Morgan fingerprint density at radius 3 is 2.61 bits per heavy atom. The van der Waals surface area contributed by atoms with Crippen molar-refractivity contribution in [1.82, 2.24) is 14.9 Å². The molecular weight excluding hydrogens is 357 g/mol. The highest BCUT2D eigenvalue weighted by Crippen LogP contribution is 2.24. The van der Waals surface area contributed by atoms with Crippen molar-refractivity contribution in [3.8, 4) is 0 Å². The second-order valence-corrected chi connectivity index (χ2v) is 7.60. The van der Waals surface area contributed by atoms with Gasteiger partial charge in [-0.2, -0.15) is 4.98 Å². The first-order valence-corrected chi connectivity index (χ1v) is 9.69. The molecule has 2 aromatic rings. The molecule has 1 unspecified atom stereocenters. The van der Waals surface area contributed by atoms with Crippen LogP contribution in [0.25, 0.3) is 0 Å². The number of hydrogen-bond donors (Lipinski definition) is 1. The van der Waals surface area contributed by atoms with Crippen molar-refractivity contribution in [2.45, 2.75) is 39.8 Å². The minimum absolute atomic E-state index is 0.0355. The van der Waals surface area contributed by atoms with Crippen molar-refractivity contribution < 1.29 is 9.18 Å². The summed E-state index contributed by atoms with van der Waals surface area (Å²) in [5.41, 5.74) is 1.82. The summed E-state index contributed by atoms with van der Waals surface area (Å²) in [7, 11) is 1.80. The second-order valence-electron chi connectivity index (χ2n) is 7.60. The highest BCUT2D eigenvalue weighted by Gasteiger charge is 2.32. The lowest BCUT2D eigenvalue weighted by atomic mass is 10.0. The minimum atomic E-state index is -0.267. The first kappa shape index (κ1) is 20.0. The van der Waals surface area contributed by atoms with E-state index in [1.54, 1.807) is 19.2 Å². The van der Waals surface area contributed by atoms with Gasteiger partial charge in [-0.25, -0.2) is 9.37 Å². The Kier molecular flexibility index (Phi) is 6.11. The fourth-order valence-corrected chi connectivity index (χ4v) is 3.57. The number of carbonyl (C=O) groups is 1. The predicted molar refractivity (Wildman–Crippen MR) is 109 cm³/mol. The van der Waals surface area contributed by atoms with E-state index in [-0.39, 0.29) is 23.7 Å². The van der Waals surface area contributed by atoms with Gasteiger partial charge in [0, 0.05) is 44.9 Å². The van der Waals surface area contributed by atoms with Crippen LogP contribution in [0.2, 0.25) is 0 Å². The van der Waals surface area contributed by atoms with Crippen LogP contribution in [0.3, 0.4) is 0 Å². The number of aryl methyl sites for hydroxylation is 1. The van der Waals surface area contributed by atoms with Crippen LogP contribution in [0.1, 0.15) is 31.5 Å². The van der Waals surface area contributed by atoms with Crippen molar-refractivity contribution in [2.24, 2.45) is 5.92 Å². The third-order valence-corrected chi connectivity index (χ3v) is 5.15. The number of benzene rings is 1. The first-order valence-electron chi connectivity index (χ1n) is 9.69. The molecule has 0 aliphatic carbocycles. The topological polar surface area (TPSA) is 61.4 Å². The Balaban J connectivity index is 1.87. The molecule has 0 bridgehead atoms. The van der Waals surface area contributed by atoms with Crippen molar-refractivity contribution in [3.63, 3.8) is 0 Å². The number of carbonyl (C=O) groups excluding carboxylic acids is 1. The van der Waals surface area contributed by atoms with E-state index in [2.05, 4.69) is 34.0 Å². The molecule has 1 aromatic heterocycles. The Hall–Kier alpha value is -2.70. The van der Waals surface area contributed by atoms with Crippen molar-refractivity contribution in [2.75, 3.05) is 30.4 Å². The van der Waals surface area contributed by atoms with Gasteiger partial charge in [0.05, 0.1) is 6.04 Å². The number of rotatable bonds is 5. The van der Waals surface area contributed by atoms with Gasteiger partial charge in [-0.1, -0.05) is 26.0 Å². The van der Waals surface area contributed by atoms with Gasteiger partial charge in [0.2, 0.25) is 11.9 Å². The summed E-state index contributed by atoms with van der Waals surface area (Å²) in [6, 6.07) is 8.37. The predicted octanol–water partition coefficient (Wildman–Crippen LogP) is 3.23. The normalized spacial score (nSPS) is 17.8. The first-order chi connectivity index (χ1) is 13.4. The van der Waals surface area contributed by atoms with Gasteiger partial charge >= 0.3 is 0 Å². The Morgan fingerprint density at radius 1 is 1.25 bits per heavy atom. The molecule has 28 heavy (non-hydrogen) atoms. The fraction of sp³-hybridized carbons (Fsp3) is 0.476. The zero-order valence-electron chi connectivity index (χ0n) is 16.9. The molecule has 1 aliphatic heterocycles. The quantitative estimate of drug-likeness (QED) is 0.856. The van der Waals surface area contributed by atoms with Gasteiger partial charge in [-0.05, 0) is 30.5 Å². The number of amides is 1. The number of nitrogens with one attached hydrogen (secondary N) is 1.